The minimum atomic E-state index is -1.46. The fourth-order valence-electron chi connectivity index (χ4n) is 4.75. The number of esters is 1. The van der Waals surface area contributed by atoms with Crippen LogP contribution in [0.2, 0.25) is 0 Å². The summed E-state index contributed by atoms with van der Waals surface area (Å²) >= 11 is 0. The smallest absolute Gasteiger partial charge is 0.324 e. The van der Waals surface area contributed by atoms with Crippen molar-refractivity contribution in [1.82, 2.24) is 4.90 Å². The molecule has 4 rings (SSSR count). The molecule has 0 aromatic heterocycles. The summed E-state index contributed by atoms with van der Waals surface area (Å²) in [5.41, 5.74) is -0.943. The van der Waals surface area contributed by atoms with E-state index in [-0.39, 0.29) is 24.9 Å². The summed E-state index contributed by atoms with van der Waals surface area (Å²) < 4.78 is 5.45. The van der Waals surface area contributed by atoms with E-state index in [9.17, 15) is 9.59 Å². The summed E-state index contributed by atoms with van der Waals surface area (Å²) in [5, 5.41) is 0. The van der Waals surface area contributed by atoms with Gasteiger partial charge in [-0.05, 0) is 24.0 Å². The molecule has 0 spiro atoms. The van der Waals surface area contributed by atoms with Gasteiger partial charge in [-0.1, -0.05) is 74.5 Å². The molecular formula is C25H29NO5. The first kappa shape index (κ1) is 21.5. The lowest BCUT2D eigenvalue weighted by atomic mass is 9.69. The largest absolute Gasteiger partial charge is 0.465 e. The van der Waals surface area contributed by atoms with E-state index in [1.807, 2.05) is 74.5 Å². The van der Waals surface area contributed by atoms with Crippen molar-refractivity contribution in [3.8, 4) is 0 Å². The minimum Gasteiger partial charge on any atom is -0.465 e. The number of ether oxygens (including phenoxy) is 1. The predicted molar refractivity (Wildman–Crippen MR) is 115 cm³/mol. The van der Waals surface area contributed by atoms with Gasteiger partial charge in [-0.15, -0.1) is 0 Å². The molecule has 0 bridgehead atoms. The monoisotopic (exact) mass is 423 g/mol. The second-order valence-electron chi connectivity index (χ2n) is 8.70. The Kier molecular flexibility index (Phi) is 5.86. The molecular weight excluding hydrogens is 394 g/mol. The van der Waals surface area contributed by atoms with Crippen LogP contribution in [0.1, 0.15) is 38.3 Å². The van der Waals surface area contributed by atoms with Gasteiger partial charge in [0.15, 0.2) is 11.0 Å². The van der Waals surface area contributed by atoms with Gasteiger partial charge in [0.05, 0.1) is 13.2 Å². The number of carbonyl (C=O) groups is 2. The molecule has 2 saturated heterocycles. The van der Waals surface area contributed by atoms with E-state index in [0.717, 1.165) is 11.1 Å². The Labute approximate surface area is 183 Å². The number of fused-ring (bicyclic) bond motifs is 1. The van der Waals surface area contributed by atoms with Crippen LogP contribution in [-0.2, 0) is 29.7 Å². The highest BCUT2D eigenvalue weighted by molar-refractivity contribution is 6.05. The van der Waals surface area contributed by atoms with E-state index >= 15 is 0 Å². The quantitative estimate of drug-likeness (QED) is 0.403. The van der Waals surface area contributed by atoms with Gasteiger partial charge < -0.3 is 9.64 Å². The van der Waals surface area contributed by atoms with Gasteiger partial charge in [0, 0.05) is 13.0 Å². The van der Waals surface area contributed by atoms with Gasteiger partial charge in [-0.2, -0.15) is 0 Å². The third-order valence-electron chi connectivity index (χ3n) is 6.14. The van der Waals surface area contributed by atoms with Crippen LogP contribution in [0.5, 0.6) is 0 Å². The van der Waals surface area contributed by atoms with Crippen LogP contribution in [-0.4, -0.2) is 42.6 Å². The topological polar surface area (TPSA) is 65.1 Å². The number of benzene rings is 2. The maximum absolute atomic E-state index is 13.8. The summed E-state index contributed by atoms with van der Waals surface area (Å²) in [6.07, 6.45) is -0.608. The fourth-order valence-corrected chi connectivity index (χ4v) is 4.75. The van der Waals surface area contributed by atoms with E-state index in [4.69, 9.17) is 14.5 Å². The molecule has 2 aromatic rings. The van der Waals surface area contributed by atoms with Crippen molar-refractivity contribution in [3.63, 3.8) is 0 Å². The highest BCUT2D eigenvalue weighted by Crippen LogP contribution is 2.53. The van der Waals surface area contributed by atoms with Crippen LogP contribution < -0.4 is 0 Å². The predicted octanol–water partition coefficient (Wildman–Crippen LogP) is 3.70. The Balaban J connectivity index is 1.86. The number of hydrogen-bond donors (Lipinski definition) is 0. The van der Waals surface area contributed by atoms with Crippen LogP contribution >= 0.6 is 0 Å². The highest BCUT2D eigenvalue weighted by Gasteiger charge is 2.68. The van der Waals surface area contributed by atoms with Gasteiger partial charge in [0.2, 0.25) is 5.91 Å². The maximum atomic E-state index is 13.8. The second-order valence-corrected chi connectivity index (χ2v) is 8.70. The van der Waals surface area contributed by atoms with Crippen molar-refractivity contribution in [1.29, 1.82) is 0 Å². The standard InChI is InChI=1S/C25H29NO5/c1-4-29-23(28)24-17-25(19-11-7-5-8-12-19,20-13-9-6-10-14-20)31-30-21(24)16-26(22(24)27)15-18(2)3/h5-14,18,21H,4,15-17H2,1-3H3. The van der Waals surface area contributed by atoms with Crippen LogP contribution in [0.3, 0.4) is 0 Å². The number of likely N-dealkylation sites (tertiary alicyclic amines) is 1. The zero-order chi connectivity index (χ0) is 22.1. The zero-order valence-electron chi connectivity index (χ0n) is 18.2. The van der Waals surface area contributed by atoms with Crippen molar-refractivity contribution in [2.24, 2.45) is 11.3 Å². The van der Waals surface area contributed by atoms with Crippen LogP contribution in [0.15, 0.2) is 60.7 Å². The molecule has 2 atom stereocenters. The molecule has 0 N–H and O–H groups in total. The fraction of sp³-hybridized carbons (Fsp3) is 0.440. The van der Waals surface area contributed by atoms with E-state index in [0.29, 0.717) is 13.1 Å². The van der Waals surface area contributed by atoms with E-state index in [1.165, 1.54) is 0 Å². The van der Waals surface area contributed by atoms with Gasteiger partial charge in [0.25, 0.3) is 0 Å². The first-order valence-electron chi connectivity index (χ1n) is 10.9. The SMILES string of the molecule is CCOC(=O)C12CC(c3ccccc3)(c3ccccc3)OOC1CN(CC(C)C)C2=O. The molecule has 2 heterocycles. The number of amides is 1. The average molecular weight is 424 g/mol. The summed E-state index contributed by atoms with van der Waals surface area (Å²) in [7, 11) is 0. The normalized spacial score (nSPS) is 24.8. The van der Waals surface area contributed by atoms with E-state index in [1.54, 1.807) is 11.8 Å². The number of carbonyl (C=O) groups excluding carboxylic acids is 2. The highest BCUT2D eigenvalue weighted by atomic mass is 17.2. The molecule has 0 saturated carbocycles. The van der Waals surface area contributed by atoms with E-state index < -0.39 is 23.1 Å². The third kappa shape index (κ3) is 3.54. The van der Waals surface area contributed by atoms with Gasteiger partial charge in [-0.3, -0.25) is 9.59 Å². The van der Waals surface area contributed by atoms with Crippen molar-refractivity contribution in [2.75, 3.05) is 19.7 Å². The Morgan fingerprint density at radius 1 is 1.10 bits per heavy atom. The molecule has 0 aliphatic carbocycles. The number of nitrogens with zero attached hydrogens (tertiary/aromatic N) is 1. The summed E-state index contributed by atoms with van der Waals surface area (Å²) in [6.45, 7) is 6.87. The molecule has 2 aliphatic heterocycles. The number of rotatable bonds is 6. The number of hydrogen-bond acceptors (Lipinski definition) is 5. The molecule has 6 nitrogen and oxygen atoms in total. The molecule has 2 unspecified atom stereocenters. The zero-order valence-corrected chi connectivity index (χ0v) is 18.2. The van der Waals surface area contributed by atoms with Gasteiger partial charge in [0.1, 0.15) is 6.10 Å². The van der Waals surface area contributed by atoms with Crippen molar-refractivity contribution < 1.29 is 24.1 Å². The molecule has 2 aliphatic rings. The molecule has 1 amide bonds. The second kappa shape index (κ2) is 8.44. The summed E-state index contributed by atoms with van der Waals surface area (Å²) in [4.78, 5) is 40.9. The molecule has 2 aromatic carbocycles. The Bertz CT molecular complexity index is 890. The summed E-state index contributed by atoms with van der Waals surface area (Å²) in [5.74, 6) is -0.530. The first-order chi connectivity index (χ1) is 14.9. The Morgan fingerprint density at radius 2 is 1.68 bits per heavy atom. The van der Waals surface area contributed by atoms with Crippen molar-refractivity contribution in [2.45, 2.75) is 38.9 Å². The lowest BCUT2D eigenvalue weighted by molar-refractivity contribution is -0.417. The molecule has 31 heavy (non-hydrogen) atoms. The molecule has 0 radical (unpaired) electrons. The van der Waals surface area contributed by atoms with Gasteiger partial charge >= 0.3 is 5.97 Å². The van der Waals surface area contributed by atoms with E-state index in [2.05, 4.69) is 0 Å². The van der Waals surface area contributed by atoms with Crippen LogP contribution in [0, 0.1) is 11.3 Å². The average Bonchev–Trinajstić information content (AvgIpc) is 3.06. The lowest BCUT2D eigenvalue weighted by Gasteiger charge is -2.45. The van der Waals surface area contributed by atoms with Gasteiger partial charge in [-0.25, -0.2) is 9.78 Å². The van der Waals surface area contributed by atoms with Crippen molar-refractivity contribution >= 4 is 11.9 Å². The van der Waals surface area contributed by atoms with Crippen molar-refractivity contribution in [3.05, 3.63) is 71.8 Å². The lowest BCUT2D eigenvalue weighted by Crippen LogP contribution is -2.57. The first-order valence-corrected chi connectivity index (χ1v) is 10.9. The third-order valence-corrected chi connectivity index (χ3v) is 6.14. The molecule has 6 heteroatoms. The minimum absolute atomic E-state index is 0.116. The van der Waals surface area contributed by atoms with Crippen LogP contribution in [0.25, 0.3) is 0 Å². The Hall–Kier alpha value is -2.70. The molecule has 164 valence electrons. The summed E-state index contributed by atoms with van der Waals surface area (Å²) in [6, 6.07) is 19.2. The van der Waals surface area contributed by atoms with Crippen LogP contribution in [0.4, 0.5) is 0 Å². The maximum Gasteiger partial charge on any atom is 0.324 e. The molecule has 2 fully saturated rings. The Morgan fingerprint density at radius 3 is 2.19 bits per heavy atom.